The molecule has 0 saturated carbocycles. The number of ether oxygens (including phenoxy) is 2. The van der Waals surface area contributed by atoms with Crippen LogP contribution in [0.3, 0.4) is 0 Å². The van der Waals surface area contributed by atoms with Gasteiger partial charge in [0.1, 0.15) is 12.4 Å². The van der Waals surface area contributed by atoms with Gasteiger partial charge in [-0.25, -0.2) is 14.2 Å². The highest BCUT2D eigenvalue weighted by molar-refractivity contribution is 9.10. The molecule has 0 amide bonds. The molecule has 3 aromatic carbocycles. The van der Waals surface area contributed by atoms with Crippen molar-refractivity contribution < 1.29 is 36.8 Å². The molecule has 238 valence electrons. The molecule has 0 unspecified atom stereocenters. The van der Waals surface area contributed by atoms with Crippen LogP contribution in [0.15, 0.2) is 86.2 Å². The van der Waals surface area contributed by atoms with E-state index < -0.39 is 51.4 Å². The summed E-state index contributed by atoms with van der Waals surface area (Å²) in [4.78, 5) is 41.3. The van der Waals surface area contributed by atoms with Crippen molar-refractivity contribution in [1.29, 1.82) is 0 Å². The molecule has 0 saturated heterocycles. The Hall–Kier alpha value is -4.34. The summed E-state index contributed by atoms with van der Waals surface area (Å²) in [5.74, 6) is -2.08. The minimum absolute atomic E-state index is 0.0973. The van der Waals surface area contributed by atoms with Gasteiger partial charge in [0, 0.05) is 16.7 Å². The number of carbonyl (C=O) groups excluding carboxylic acids is 1. The van der Waals surface area contributed by atoms with Gasteiger partial charge in [-0.1, -0.05) is 53.3 Å². The Morgan fingerprint density at radius 2 is 1.89 bits per heavy atom. The average molecular weight is 741 g/mol. The predicted molar refractivity (Wildman–Crippen MR) is 164 cm³/mol. The summed E-state index contributed by atoms with van der Waals surface area (Å²) in [7, 11) is 0. The van der Waals surface area contributed by atoms with Crippen LogP contribution in [0.1, 0.15) is 29.7 Å². The van der Waals surface area contributed by atoms with Crippen LogP contribution in [-0.2, 0) is 16.1 Å². The highest BCUT2D eigenvalue weighted by Crippen LogP contribution is 2.39. The fourth-order valence-corrected chi connectivity index (χ4v) is 6.39. The molecule has 0 radical (unpaired) electrons. The highest BCUT2D eigenvalue weighted by Gasteiger charge is 2.45. The second-order valence-electron chi connectivity index (χ2n) is 9.60. The second-order valence-corrected chi connectivity index (χ2v) is 11.9. The van der Waals surface area contributed by atoms with Crippen LogP contribution in [0.4, 0.5) is 23.2 Å². The topological polar surface area (TPSA) is 113 Å². The van der Waals surface area contributed by atoms with E-state index in [2.05, 4.69) is 20.9 Å². The fourth-order valence-electron chi connectivity index (χ4n) is 4.68. The van der Waals surface area contributed by atoms with Gasteiger partial charge in [-0.3, -0.25) is 19.5 Å². The number of halogens is 6. The van der Waals surface area contributed by atoms with Crippen molar-refractivity contribution in [3.05, 3.63) is 134 Å². The summed E-state index contributed by atoms with van der Waals surface area (Å²) in [6, 6.07) is 12.2. The zero-order valence-corrected chi connectivity index (χ0v) is 26.5. The number of carbonyl (C=O) groups is 1. The van der Waals surface area contributed by atoms with Crippen molar-refractivity contribution in [3.8, 4) is 5.75 Å². The number of rotatable bonds is 8. The van der Waals surface area contributed by atoms with E-state index in [1.807, 2.05) is 0 Å². The summed E-state index contributed by atoms with van der Waals surface area (Å²) >= 11 is 9.81. The molecule has 1 aliphatic rings. The molecule has 0 fully saturated rings. The van der Waals surface area contributed by atoms with Gasteiger partial charge in [0.25, 0.3) is 5.56 Å². The molecule has 1 atom stereocenters. The standard InChI is InChI=1S/C30H19BrClF4N3O6S/c1-2-44-28(41)23-24(16-7-9-18(32)10-8-16)38-27(40)22(46-29(38)37-26(23)30(34,35)36)13-15-11-19(31)25(21(12-15)39(42)43)45-14-17-5-3-4-6-20(17)33/h3-13,24H,2,14H2,1H3/b22-13-/t24-/m1/s1. The maximum atomic E-state index is 14.3. The lowest BCUT2D eigenvalue weighted by molar-refractivity contribution is -0.386. The molecule has 16 heteroatoms. The summed E-state index contributed by atoms with van der Waals surface area (Å²) < 4.78 is 68.5. The third-order valence-corrected chi connectivity index (χ3v) is 8.48. The van der Waals surface area contributed by atoms with Crippen molar-refractivity contribution in [1.82, 2.24) is 4.57 Å². The van der Waals surface area contributed by atoms with Crippen LogP contribution in [-0.4, -0.2) is 28.2 Å². The number of nitrogens with zero attached hydrogens (tertiary/aromatic N) is 3. The summed E-state index contributed by atoms with van der Waals surface area (Å²) in [5.41, 5.74) is -3.33. The van der Waals surface area contributed by atoms with Gasteiger partial charge >= 0.3 is 17.8 Å². The number of benzene rings is 3. The number of fused-ring (bicyclic) bond motifs is 1. The molecule has 0 aliphatic carbocycles. The van der Waals surface area contributed by atoms with E-state index in [4.69, 9.17) is 21.1 Å². The molecule has 4 aromatic rings. The van der Waals surface area contributed by atoms with E-state index in [1.54, 1.807) is 6.07 Å². The smallest absolute Gasteiger partial charge is 0.434 e. The van der Waals surface area contributed by atoms with Crippen LogP contribution < -0.4 is 19.6 Å². The monoisotopic (exact) mass is 739 g/mol. The van der Waals surface area contributed by atoms with Crippen molar-refractivity contribution in [2.75, 3.05) is 6.61 Å². The molecule has 1 aliphatic heterocycles. The molecule has 5 rings (SSSR count). The third-order valence-electron chi connectivity index (χ3n) is 6.65. The third kappa shape index (κ3) is 6.62. The Balaban J connectivity index is 1.67. The first-order valence-electron chi connectivity index (χ1n) is 13.2. The number of esters is 1. The summed E-state index contributed by atoms with van der Waals surface area (Å²) in [6.45, 7) is 0.865. The van der Waals surface area contributed by atoms with Crippen LogP contribution in [0.2, 0.25) is 5.02 Å². The second kappa shape index (κ2) is 13.2. The number of alkyl halides is 3. The van der Waals surface area contributed by atoms with Crippen molar-refractivity contribution in [2.24, 2.45) is 4.99 Å². The van der Waals surface area contributed by atoms with E-state index in [9.17, 15) is 37.3 Å². The number of nitro groups is 1. The van der Waals surface area contributed by atoms with Crippen molar-refractivity contribution in [3.63, 3.8) is 0 Å². The van der Waals surface area contributed by atoms with Gasteiger partial charge in [-0.15, -0.1) is 0 Å². The Bertz CT molecular complexity index is 2080. The van der Waals surface area contributed by atoms with Crippen molar-refractivity contribution >= 4 is 56.6 Å². The van der Waals surface area contributed by atoms with Crippen LogP contribution in [0, 0.1) is 15.9 Å². The lowest BCUT2D eigenvalue weighted by Crippen LogP contribution is -2.41. The number of hydrogen-bond donors (Lipinski definition) is 0. The summed E-state index contributed by atoms with van der Waals surface area (Å²) in [5, 5.41) is 12.2. The van der Waals surface area contributed by atoms with E-state index in [0.29, 0.717) is 11.3 Å². The molecule has 1 aromatic heterocycles. The zero-order valence-electron chi connectivity index (χ0n) is 23.3. The predicted octanol–water partition coefficient (Wildman–Crippen LogP) is 6.38. The van der Waals surface area contributed by atoms with Gasteiger partial charge in [0.15, 0.2) is 10.5 Å². The van der Waals surface area contributed by atoms with Gasteiger partial charge in [-0.2, -0.15) is 13.2 Å². The quantitative estimate of drug-likeness (QED) is 0.0897. The first-order valence-corrected chi connectivity index (χ1v) is 15.2. The maximum Gasteiger partial charge on any atom is 0.434 e. The first-order chi connectivity index (χ1) is 21.8. The number of thiazole rings is 1. The number of aromatic nitrogens is 1. The number of hydrogen-bond acceptors (Lipinski definition) is 8. The minimum atomic E-state index is -5.09. The maximum absolute atomic E-state index is 14.3. The normalized spacial score (nSPS) is 14.9. The largest absolute Gasteiger partial charge is 0.481 e. The fraction of sp³-hybridized carbons (Fsp3) is 0.167. The molecule has 0 N–H and O–H groups in total. The van der Waals surface area contributed by atoms with Gasteiger partial charge in [0.2, 0.25) is 5.75 Å². The molecule has 46 heavy (non-hydrogen) atoms. The molecular weight excluding hydrogens is 722 g/mol. The number of allylic oxidation sites excluding steroid dienone is 1. The minimum Gasteiger partial charge on any atom is -0.481 e. The zero-order chi connectivity index (χ0) is 33.3. The van der Waals surface area contributed by atoms with Crippen molar-refractivity contribution in [2.45, 2.75) is 25.7 Å². The Kier molecular flexibility index (Phi) is 9.47. The Morgan fingerprint density at radius 3 is 2.52 bits per heavy atom. The van der Waals surface area contributed by atoms with Crippen LogP contribution >= 0.6 is 38.9 Å². The highest BCUT2D eigenvalue weighted by atomic mass is 79.9. The average Bonchev–Trinajstić information content (AvgIpc) is 3.30. The van der Waals surface area contributed by atoms with Gasteiger partial charge < -0.3 is 9.47 Å². The van der Waals surface area contributed by atoms with Gasteiger partial charge in [0.05, 0.1) is 32.2 Å². The molecule has 2 heterocycles. The van der Waals surface area contributed by atoms with E-state index >= 15 is 0 Å². The summed E-state index contributed by atoms with van der Waals surface area (Å²) in [6.07, 6.45) is -3.85. The van der Waals surface area contributed by atoms with E-state index in [1.165, 1.54) is 61.5 Å². The molecule has 0 spiro atoms. The van der Waals surface area contributed by atoms with Crippen LogP contribution in [0.25, 0.3) is 6.08 Å². The lowest BCUT2D eigenvalue weighted by atomic mass is 9.95. The molecule has 0 bridgehead atoms. The number of nitro benzene ring substituents is 1. The molecular formula is C30H19BrClF4N3O6S. The first kappa shape index (κ1) is 33.0. The SMILES string of the molecule is CCOC(=O)C1=C(C(F)(F)F)N=c2s/c(=C\c3cc(Br)c(OCc4ccccc4F)c([N+](=O)[O-])c3)c(=O)n2[C@@H]1c1ccc(Cl)cc1. The van der Waals surface area contributed by atoms with Crippen LogP contribution in [0.5, 0.6) is 5.75 Å². The lowest BCUT2D eigenvalue weighted by Gasteiger charge is -2.26. The van der Waals surface area contributed by atoms with E-state index in [-0.39, 0.29) is 54.5 Å². The molecule has 9 nitrogen and oxygen atoms in total. The Labute approximate surface area is 274 Å². The Morgan fingerprint density at radius 1 is 1.20 bits per heavy atom. The van der Waals surface area contributed by atoms with E-state index in [0.717, 1.165) is 10.6 Å². The van der Waals surface area contributed by atoms with Gasteiger partial charge in [-0.05, 0) is 64.3 Å².